The lowest BCUT2D eigenvalue weighted by Gasteiger charge is -2.19. The van der Waals surface area contributed by atoms with Gasteiger partial charge in [0.05, 0.1) is 7.11 Å². The largest absolute Gasteiger partial charge is 0.497 e. The minimum Gasteiger partial charge on any atom is -0.497 e. The number of methoxy groups -OCH3 is 1. The molecule has 0 fully saturated rings. The van der Waals surface area contributed by atoms with Crippen molar-refractivity contribution in [3.8, 4) is 5.75 Å². The SMILES string of the molecule is CCCNC(CCc1cccs1)c1ccc(OC)cc1. The Hall–Kier alpha value is -1.32. The molecule has 1 aromatic heterocycles. The minimum atomic E-state index is 0.419. The molecule has 0 radical (unpaired) electrons. The van der Waals surface area contributed by atoms with Crippen molar-refractivity contribution in [1.82, 2.24) is 5.32 Å². The van der Waals surface area contributed by atoms with E-state index < -0.39 is 0 Å². The van der Waals surface area contributed by atoms with Gasteiger partial charge in [-0.15, -0.1) is 11.3 Å². The molecule has 0 aliphatic rings. The van der Waals surface area contributed by atoms with Crippen molar-refractivity contribution in [3.05, 3.63) is 52.2 Å². The Morgan fingerprint density at radius 3 is 2.60 bits per heavy atom. The molecule has 2 aromatic rings. The second-order valence-corrected chi connectivity index (χ2v) is 5.93. The number of benzene rings is 1. The maximum atomic E-state index is 5.23. The molecule has 2 nitrogen and oxygen atoms in total. The summed E-state index contributed by atoms with van der Waals surface area (Å²) in [7, 11) is 1.71. The third-order valence-corrected chi connectivity index (χ3v) is 4.35. The van der Waals surface area contributed by atoms with Gasteiger partial charge in [0.15, 0.2) is 0 Å². The molecule has 20 heavy (non-hydrogen) atoms. The number of hydrogen-bond donors (Lipinski definition) is 1. The topological polar surface area (TPSA) is 21.3 Å². The summed E-state index contributed by atoms with van der Waals surface area (Å²) < 4.78 is 5.23. The van der Waals surface area contributed by atoms with Crippen LogP contribution in [-0.2, 0) is 6.42 Å². The molecule has 3 heteroatoms. The van der Waals surface area contributed by atoms with E-state index in [1.165, 1.54) is 10.4 Å². The van der Waals surface area contributed by atoms with Gasteiger partial charge in [-0.05, 0) is 54.9 Å². The Kier molecular flexibility index (Phi) is 6.09. The van der Waals surface area contributed by atoms with Gasteiger partial charge < -0.3 is 10.1 Å². The van der Waals surface area contributed by atoms with E-state index in [2.05, 4.69) is 41.9 Å². The van der Waals surface area contributed by atoms with Crippen molar-refractivity contribution in [2.24, 2.45) is 0 Å². The second-order valence-electron chi connectivity index (χ2n) is 4.90. The summed E-state index contributed by atoms with van der Waals surface area (Å²) in [6.07, 6.45) is 3.42. The smallest absolute Gasteiger partial charge is 0.118 e. The lowest BCUT2D eigenvalue weighted by Crippen LogP contribution is -2.22. The lowest BCUT2D eigenvalue weighted by molar-refractivity contribution is 0.414. The number of thiophene rings is 1. The van der Waals surface area contributed by atoms with Crippen LogP contribution in [0.4, 0.5) is 0 Å². The molecule has 0 bridgehead atoms. The number of ether oxygens (including phenoxy) is 1. The van der Waals surface area contributed by atoms with Gasteiger partial charge in [-0.3, -0.25) is 0 Å². The summed E-state index contributed by atoms with van der Waals surface area (Å²) >= 11 is 1.84. The fourth-order valence-electron chi connectivity index (χ4n) is 2.28. The number of rotatable bonds is 8. The third-order valence-electron chi connectivity index (χ3n) is 3.42. The lowest BCUT2D eigenvalue weighted by atomic mass is 10.0. The zero-order chi connectivity index (χ0) is 14.2. The van der Waals surface area contributed by atoms with Crippen molar-refractivity contribution in [1.29, 1.82) is 0 Å². The van der Waals surface area contributed by atoms with Crippen LogP contribution in [-0.4, -0.2) is 13.7 Å². The highest BCUT2D eigenvalue weighted by atomic mass is 32.1. The highest BCUT2D eigenvalue weighted by Gasteiger charge is 2.11. The third kappa shape index (κ3) is 4.36. The van der Waals surface area contributed by atoms with Crippen molar-refractivity contribution in [2.45, 2.75) is 32.2 Å². The Labute approximate surface area is 125 Å². The normalized spacial score (nSPS) is 12.3. The Bertz CT molecular complexity index is 478. The van der Waals surface area contributed by atoms with E-state index in [-0.39, 0.29) is 0 Å². The first kappa shape index (κ1) is 15.1. The monoisotopic (exact) mass is 289 g/mol. The summed E-state index contributed by atoms with van der Waals surface area (Å²) in [6.45, 7) is 3.26. The van der Waals surface area contributed by atoms with E-state index in [0.29, 0.717) is 6.04 Å². The highest BCUT2D eigenvalue weighted by Crippen LogP contribution is 2.23. The van der Waals surface area contributed by atoms with Crippen LogP contribution in [0.5, 0.6) is 5.75 Å². The first-order valence-electron chi connectivity index (χ1n) is 7.23. The van der Waals surface area contributed by atoms with E-state index in [4.69, 9.17) is 4.74 Å². The number of aryl methyl sites for hydroxylation is 1. The van der Waals surface area contributed by atoms with Crippen LogP contribution in [0.15, 0.2) is 41.8 Å². The zero-order valence-corrected chi connectivity index (χ0v) is 13.1. The van der Waals surface area contributed by atoms with Crippen molar-refractivity contribution >= 4 is 11.3 Å². The molecule has 0 saturated carbocycles. The maximum absolute atomic E-state index is 5.23. The fraction of sp³-hybridized carbons (Fsp3) is 0.412. The van der Waals surface area contributed by atoms with Crippen molar-refractivity contribution in [2.75, 3.05) is 13.7 Å². The first-order valence-corrected chi connectivity index (χ1v) is 8.11. The van der Waals surface area contributed by atoms with Gasteiger partial charge in [0.2, 0.25) is 0 Å². The molecule has 1 heterocycles. The molecule has 1 unspecified atom stereocenters. The van der Waals surface area contributed by atoms with E-state index in [9.17, 15) is 0 Å². The Morgan fingerprint density at radius 1 is 1.20 bits per heavy atom. The first-order chi connectivity index (χ1) is 9.83. The molecule has 1 aromatic carbocycles. The van der Waals surface area contributed by atoms with Crippen LogP contribution in [0.25, 0.3) is 0 Å². The predicted octanol–water partition coefficient (Wildman–Crippen LogP) is 4.43. The molecule has 1 N–H and O–H groups in total. The fourth-order valence-corrected chi connectivity index (χ4v) is 3.01. The van der Waals surface area contributed by atoms with Crippen LogP contribution in [0.1, 0.15) is 36.2 Å². The minimum absolute atomic E-state index is 0.419. The maximum Gasteiger partial charge on any atom is 0.118 e. The van der Waals surface area contributed by atoms with Gasteiger partial charge in [0.1, 0.15) is 5.75 Å². The number of nitrogens with one attached hydrogen (secondary N) is 1. The van der Waals surface area contributed by atoms with E-state index in [0.717, 1.165) is 31.6 Å². The quantitative estimate of drug-likeness (QED) is 0.776. The van der Waals surface area contributed by atoms with Crippen LogP contribution in [0.3, 0.4) is 0 Å². The van der Waals surface area contributed by atoms with Gasteiger partial charge in [-0.25, -0.2) is 0 Å². The molecular weight excluding hydrogens is 266 g/mol. The molecular formula is C17H23NOS. The van der Waals surface area contributed by atoms with Gasteiger partial charge in [-0.2, -0.15) is 0 Å². The summed E-state index contributed by atoms with van der Waals surface area (Å²) in [4.78, 5) is 1.46. The Morgan fingerprint density at radius 2 is 2.00 bits per heavy atom. The van der Waals surface area contributed by atoms with Gasteiger partial charge in [0, 0.05) is 10.9 Å². The highest BCUT2D eigenvalue weighted by molar-refractivity contribution is 7.09. The molecule has 2 rings (SSSR count). The van der Waals surface area contributed by atoms with E-state index >= 15 is 0 Å². The average molecular weight is 289 g/mol. The van der Waals surface area contributed by atoms with Crippen molar-refractivity contribution < 1.29 is 4.74 Å². The van der Waals surface area contributed by atoms with Crippen LogP contribution >= 0.6 is 11.3 Å². The summed E-state index contributed by atoms with van der Waals surface area (Å²) in [5.74, 6) is 0.918. The summed E-state index contributed by atoms with van der Waals surface area (Å²) in [6, 6.07) is 13.2. The second kappa shape index (κ2) is 8.08. The standard InChI is InChI=1S/C17H23NOS/c1-3-12-18-17(11-10-16-5-4-13-20-16)14-6-8-15(19-2)9-7-14/h4-9,13,17-18H,3,10-12H2,1-2H3. The van der Waals surface area contributed by atoms with Crippen LogP contribution in [0.2, 0.25) is 0 Å². The van der Waals surface area contributed by atoms with Gasteiger partial charge in [0.25, 0.3) is 0 Å². The average Bonchev–Trinajstić information content (AvgIpc) is 3.01. The molecule has 108 valence electrons. The summed E-state index contributed by atoms with van der Waals surface area (Å²) in [5, 5.41) is 5.80. The van der Waals surface area contributed by atoms with Gasteiger partial charge >= 0.3 is 0 Å². The van der Waals surface area contributed by atoms with Crippen LogP contribution in [0, 0.1) is 0 Å². The molecule has 1 atom stereocenters. The van der Waals surface area contributed by atoms with E-state index in [1.54, 1.807) is 7.11 Å². The van der Waals surface area contributed by atoms with E-state index in [1.807, 2.05) is 23.5 Å². The van der Waals surface area contributed by atoms with Gasteiger partial charge in [-0.1, -0.05) is 25.1 Å². The molecule has 0 saturated heterocycles. The zero-order valence-electron chi connectivity index (χ0n) is 12.3. The molecule has 0 spiro atoms. The van der Waals surface area contributed by atoms with Crippen LogP contribution < -0.4 is 10.1 Å². The molecule has 0 aliphatic heterocycles. The molecule has 0 amide bonds. The Balaban J connectivity index is 2.01. The molecule has 0 aliphatic carbocycles. The number of hydrogen-bond acceptors (Lipinski definition) is 3. The predicted molar refractivity (Wildman–Crippen MR) is 86.7 cm³/mol. The summed E-state index contributed by atoms with van der Waals surface area (Å²) in [5.41, 5.74) is 1.34. The van der Waals surface area contributed by atoms with Crippen molar-refractivity contribution in [3.63, 3.8) is 0 Å².